The molecule has 0 spiro atoms. The number of nitrogens with one attached hydrogen (secondary N) is 2. The number of nitrogens with zero attached hydrogens (tertiary/aromatic N) is 1. The van der Waals surface area contributed by atoms with Crippen LogP contribution >= 0.6 is 24.0 Å². The highest BCUT2D eigenvalue weighted by Crippen LogP contribution is 2.12. The van der Waals surface area contributed by atoms with E-state index >= 15 is 0 Å². The number of rotatable bonds is 3. The molecular weight excluding hydrogens is 249 g/mol. The van der Waals surface area contributed by atoms with Gasteiger partial charge in [0.1, 0.15) is 5.69 Å². The number of hydrogen-bond donors (Lipinski definition) is 2. The molecule has 90 valence electrons. The molecule has 16 heavy (non-hydrogen) atoms. The van der Waals surface area contributed by atoms with Crippen molar-refractivity contribution in [1.29, 1.82) is 0 Å². The summed E-state index contributed by atoms with van der Waals surface area (Å²) in [5.74, 6) is 0.515. The van der Waals surface area contributed by atoms with Gasteiger partial charge in [-0.1, -0.05) is 11.6 Å². The minimum atomic E-state index is -0.0590. The van der Waals surface area contributed by atoms with Crippen molar-refractivity contribution in [3.63, 3.8) is 0 Å². The molecule has 1 amide bonds. The Balaban J connectivity index is 0.00000128. The Hall–Kier alpha value is -0.710. The lowest BCUT2D eigenvalue weighted by Gasteiger charge is -2.27. The van der Waals surface area contributed by atoms with Gasteiger partial charge in [0.15, 0.2) is 0 Å². The average molecular weight is 264 g/mol. The van der Waals surface area contributed by atoms with Gasteiger partial charge in [-0.25, -0.2) is 0 Å². The van der Waals surface area contributed by atoms with E-state index in [0.717, 1.165) is 19.6 Å². The quantitative estimate of drug-likeness (QED) is 0.857. The first-order valence-electron chi connectivity index (χ1n) is 4.97. The molecule has 1 fully saturated rings. The zero-order valence-electron chi connectivity index (χ0n) is 9.00. The van der Waals surface area contributed by atoms with E-state index in [4.69, 9.17) is 11.6 Å². The van der Waals surface area contributed by atoms with Crippen molar-refractivity contribution in [2.75, 3.05) is 19.6 Å². The zero-order chi connectivity index (χ0) is 10.8. The Morgan fingerprint density at radius 2 is 2.38 bits per heavy atom. The highest BCUT2D eigenvalue weighted by Gasteiger charge is 2.18. The lowest BCUT2D eigenvalue weighted by atomic mass is 10.0. The fourth-order valence-electron chi connectivity index (χ4n) is 1.57. The maximum absolute atomic E-state index is 11.7. The van der Waals surface area contributed by atoms with Crippen LogP contribution in [0.4, 0.5) is 0 Å². The Kier molecular flexibility index (Phi) is 4.65. The summed E-state index contributed by atoms with van der Waals surface area (Å²) < 4.78 is 1.73. The zero-order valence-corrected chi connectivity index (χ0v) is 10.6. The van der Waals surface area contributed by atoms with Gasteiger partial charge in [0, 0.05) is 38.8 Å². The third-order valence-electron chi connectivity index (χ3n) is 2.62. The van der Waals surface area contributed by atoms with Crippen molar-refractivity contribution in [2.45, 2.75) is 0 Å². The number of amides is 1. The van der Waals surface area contributed by atoms with E-state index < -0.39 is 0 Å². The molecule has 0 unspecified atom stereocenters. The normalized spacial score (nSPS) is 15.1. The van der Waals surface area contributed by atoms with Gasteiger partial charge in [0.2, 0.25) is 0 Å². The van der Waals surface area contributed by atoms with E-state index in [0.29, 0.717) is 16.6 Å². The summed E-state index contributed by atoms with van der Waals surface area (Å²) in [4.78, 5) is 11.7. The predicted molar refractivity (Wildman–Crippen MR) is 66.4 cm³/mol. The van der Waals surface area contributed by atoms with Crippen LogP contribution in [-0.4, -0.2) is 30.1 Å². The predicted octanol–water partition coefficient (Wildman–Crippen LogP) is 1.05. The average Bonchev–Trinajstić information content (AvgIpc) is 2.42. The van der Waals surface area contributed by atoms with Gasteiger partial charge in [-0.3, -0.25) is 4.79 Å². The Labute approximate surface area is 106 Å². The highest BCUT2D eigenvalue weighted by molar-refractivity contribution is 6.31. The Bertz CT molecular complexity index is 374. The van der Waals surface area contributed by atoms with Gasteiger partial charge in [0.05, 0.1) is 5.02 Å². The van der Waals surface area contributed by atoms with Crippen LogP contribution in [0.2, 0.25) is 5.02 Å². The molecule has 6 heteroatoms. The summed E-state index contributed by atoms with van der Waals surface area (Å²) in [6.07, 6.45) is 1.72. The minimum absolute atomic E-state index is 0. The lowest BCUT2D eigenvalue weighted by Crippen LogP contribution is -2.48. The Morgan fingerprint density at radius 1 is 1.69 bits per heavy atom. The SMILES string of the molecule is Cl.Cn1cc(Cl)cc1C(=O)NCC1CNC1. The standard InChI is InChI=1S/C10H14ClN3O.ClH/c1-14-6-8(11)2-9(14)10(15)13-5-7-3-12-4-7;/h2,6-7,12H,3-5H2,1H3,(H,13,15);1H. The van der Waals surface area contributed by atoms with Crippen molar-refractivity contribution >= 4 is 29.9 Å². The maximum atomic E-state index is 11.7. The van der Waals surface area contributed by atoms with E-state index in [9.17, 15) is 4.79 Å². The highest BCUT2D eigenvalue weighted by atomic mass is 35.5. The molecule has 1 aromatic rings. The molecule has 1 saturated heterocycles. The summed E-state index contributed by atoms with van der Waals surface area (Å²) in [7, 11) is 1.81. The van der Waals surface area contributed by atoms with E-state index in [1.165, 1.54) is 0 Å². The van der Waals surface area contributed by atoms with Gasteiger partial charge >= 0.3 is 0 Å². The first-order valence-corrected chi connectivity index (χ1v) is 5.35. The summed E-state index contributed by atoms with van der Waals surface area (Å²) in [6.45, 7) is 2.72. The first-order chi connectivity index (χ1) is 7.16. The largest absolute Gasteiger partial charge is 0.350 e. The molecule has 0 bridgehead atoms. The summed E-state index contributed by atoms with van der Waals surface area (Å²) >= 11 is 5.80. The fraction of sp³-hybridized carbons (Fsp3) is 0.500. The molecule has 0 aliphatic carbocycles. The van der Waals surface area contributed by atoms with Crippen LogP contribution in [-0.2, 0) is 7.05 Å². The smallest absolute Gasteiger partial charge is 0.267 e. The molecule has 0 radical (unpaired) electrons. The molecule has 2 heterocycles. The van der Waals surface area contributed by atoms with Gasteiger partial charge < -0.3 is 15.2 Å². The van der Waals surface area contributed by atoms with Gasteiger partial charge in [-0.15, -0.1) is 12.4 Å². The molecule has 0 atom stereocenters. The third kappa shape index (κ3) is 2.90. The minimum Gasteiger partial charge on any atom is -0.350 e. The van der Waals surface area contributed by atoms with Crippen molar-refractivity contribution in [3.05, 3.63) is 23.0 Å². The van der Waals surface area contributed by atoms with Gasteiger partial charge in [-0.2, -0.15) is 0 Å². The van der Waals surface area contributed by atoms with Crippen LogP contribution in [0.1, 0.15) is 10.5 Å². The molecule has 4 nitrogen and oxygen atoms in total. The van der Waals surface area contributed by atoms with Gasteiger partial charge in [-0.05, 0) is 6.07 Å². The van der Waals surface area contributed by atoms with Crippen LogP contribution in [0.15, 0.2) is 12.3 Å². The topological polar surface area (TPSA) is 46.1 Å². The van der Waals surface area contributed by atoms with Crippen LogP contribution in [0, 0.1) is 5.92 Å². The van der Waals surface area contributed by atoms with E-state index in [1.807, 2.05) is 7.05 Å². The lowest BCUT2D eigenvalue weighted by molar-refractivity contribution is 0.0934. The summed E-state index contributed by atoms with van der Waals surface area (Å²) in [6, 6.07) is 1.68. The van der Waals surface area contributed by atoms with Crippen LogP contribution in [0.3, 0.4) is 0 Å². The van der Waals surface area contributed by atoms with Crippen molar-refractivity contribution in [2.24, 2.45) is 13.0 Å². The molecule has 0 aromatic carbocycles. The van der Waals surface area contributed by atoms with Gasteiger partial charge in [0.25, 0.3) is 5.91 Å². The van der Waals surface area contributed by atoms with Crippen molar-refractivity contribution < 1.29 is 4.79 Å². The molecule has 2 N–H and O–H groups in total. The van der Waals surface area contributed by atoms with Crippen LogP contribution < -0.4 is 10.6 Å². The second-order valence-corrected chi connectivity index (χ2v) is 4.33. The Morgan fingerprint density at radius 3 is 2.81 bits per heavy atom. The number of aryl methyl sites for hydroxylation is 1. The molecule has 1 aliphatic rings. The second-order valence-electron chi connectivity index (χ2n) is 3.89. The summed E-state index contributed by atoms with van der Waals surface area (Å²) in [5.41, 5.74) is 0.604. The monoisotopic (exact) mass is 263 g/mol. The maximum Gasteiger partial charge on any atom is 0.267 e. The number of halogens is 2. The van der Waals surface area contributed by atoms with Crippen LogP contribution in [0.25, 0.3) is 0 Å². The van der Waals surface area contributed by atoms with Crippen molar-refractivity contribution in [1.82, 2.24) is 15.2 Å². The molecule has 2 rings (SSSR count). The molecule has 1 aliphatic heterocycles. The molecular formula is C10H15Cl2N3O. The van der Waals surface area contributed by atoms with Crippen molar-refractivity contribution in [3.8, 4) is 0 Å². The van der Waals surface area contributed by atoms with Crippen LogP contribution in [0.5, 0.6) is 0 Å². The fourth-order valence-corrected chi connectivity index (χ4v) is 1.82. The third-order valence-corrected chi connectivity index (χ3v) is 2.83. The van der Waals surface area contributed by atoms with E-state index in [1.54, 1.807) is 16.8 Å². The first kappa shape index (κ1) is 13.4. The number of hydrogen-bond acceptors (Lipinski definition) is 2. The number of carbonyl (C=O) groups excluding carboxylic acids is 1. The van der Waals surface area contributed by atoms with E-state index in [2.05, 4.69) is 10.6 Å². The summed E-state index contributed by atoms with van der Waals surface area (Å²) in [5, 5.41) is 6.65. The van der Waals surface area contributed by atoms with E-state index in [-0.39, 0.29) is 18.3 Å². The number of carbonyl (C=O) groups is 1. The second kappa shape index (κ2) is 5.57. The molecule has 1 aromatic heterocycles. The number of aromatic nitrogens is 1. The molecule has 0 saturated carbocycles.